The van der Waals surface area contributed by atoms with Gasteiger partial charge in [-0.2, -0.15) is 0 Å². The number of benzene rings is 2. The molecule has 2 aliphatic rings. The molecule has 3 amide bonds. The summed E-state index contributed by atoms with van der Waals surface area (Å²) in [7, 11) is 1.28. The van der Waals surface area contributed by atoms with Crippen molar-refractivity contribution < 1.29 is 23.9 Å². The van der Waals surface area contributed by atoms with E-state index in [2.05, 4.69) is 25.3 Å². The number of nitrogens with one attached hydrogen (secondary N) is 3. The van der Waals surface area contributed by atoms with Crippen molar-refractivity contribution in [3.63, 3.8) is 0 Å². The number of amides is 3. The number of anilines is 2. The van der Waals surface area contributed by atoms with E-state index < -0.39 is 18.2 Å². The quantitative estimate of drug-likeness (QED) is 0.296. The van der Waals surface area contributed by atoms with Crippen molar-refractivity contribution in [1.82, 2.24) is 14.9 Å². The second-order valence-electron chi connectivity index (χ2n) is 9.28. The molecule has 3 heterocycles. The summed E-state index contributed by atoms with van der Waals surface area (Å²) in [5.41, 5.74) is 3.17. The van der Waals surface area contributed by atoms with E-state index in [0.717, 1.165) is 5.56 Å². The van der Waals surface area contributed by atoms with Gasteiger partial charge in [0.2, 0.25) is 5.91 Å². The summed E-state index contributed by atoms with van der Waals surface area (Å²) in [6, 6.07) is 12.1. The predicted molar refractivity (Wildman–Crippen MR) is 154 cm³/mol. The summed E-state index contributed by atoms with van der Waals surface area (Å²) in [6.45, 7) is 0.476. The number of hydrogen-bond acceptors (Lipinski definition) is 6. The van der Waals surface area contributed by atoms with Crippen LogP contribution in [0, 0.1) is 0 Å². The Balaban J connectivity index is 0.00000370. The van der Waals surface area contributed by atoms with Crippen molar-refractivity contribution in [1.29, 1.82) is 0 Å². The number of carbonyl (C=O) groups is 3. The fourth-order valence-corrected chi connectivity index (χ4v) is 4.95. The Morgan fingerprint density at radius 3 is 2.83 bits per heavy atom. The molecule has 2 aliphatic heterocycles. The van der Waals surface area contributed by atoms with Crippen molar-refractivity contribution >= 4 is 53.5 Å². The van der Waals surface area contributed by atoms with Crippen LogP contribution in [0.15, 0.2) is 60.8 Å². The van der Waals surface area contributed by atoms with Gasteiger partial charge in [-0.1, -0.05) is 35.9 Å². The molecular weight excluding hydrogens is 557 g/mol. The Morgan fingerprint density at radius 2 is 2.05 bits per heavy atom. The zero-order valence-electron chi connectivity index (χ0n) is 21.7. The van der Waals surface area contributed by atoms with Gasteiger partial charge in [-0.3, -0.25) is 15.0 Å². The molecule has 40 heavy (non-hydrogen) atoms. The van der Waals surface area contributed by atoms with Crippen LogP contribution in [0.25, 0.3) is 11.3 Å². The topological polar surface area (TPSA) is 126 Å². The lowest BCUT2D eigenvalue weighted by atomic mass is 10.0. The summed E-state index contributed by atoms with van der Waals surface area (Å²) in [6.07, 6.45) is 6.04. The maximum absolute atomic E-state index is 13.2. The molecule has 2 aromatic carbocycles. The third-order valence-electron chi connectivity index (χ3n) is 6.70. The highest BCUT2D eigenvalue weighted by Crippen LogP contribution is 2.36. The van der Waals surface area contributed by atoms with Crippen molar-refractivity contribution in [2.75, 3.05) is 24.3 Å². The van der Waals surface area contributed by atoms with Gasteiger partial charge in [0, 0.05) is 35.7 Å². The van der Waals surface area contributed by atoms with Crippen LogP contribution in [0.5, 0.6) is 0 Å². The molecule has 0 spiro atoms. The normalized spacial score (nSPS) is 19.8. The second-order valence-corrected chi connectivity index (χ2v) is 9.71. The minimum absolute atomic E-state index is 0. The van der Waals surface area contributed by atoms with Gasteiger partial charge in [-0.05, 0) is 48.7 Å². The molecule has 1 unspecified atom stereocenters. The number of methoxy groups -OCH3 is 1. The molecule has 12 heteroatoms. The SMILES string of the molecule is COC(=O)Nc1ccc2c(c1)NC(=O)CC/C=C/C[C@H](N1CCC(c3cccc(Cl)c3)OC1=O)c1ncc-2[nH]1.Cl. The molecule has 0 saturated carbocycles. The highest BCUT2D eigenvalue weighted by atomic mass is 35.5. The highest BCUT2D eigenvalue weighted by molar-refractivity contribution is 6.30. The number of ether oxygens (including phenoxy) is 2. The number of aromatic nitrogens is 2. The summed E-state index contributed by atoms with van der Waals surface area (Å²) in [5.74, 6) is 0.430. The third-order valence-corrected chi connectivity index (χ3v) is 6.93. The number of fused-ring (bicyclic) bond motifs is 4. The van der Waals surface area contributed by atoms with E-state index in [1.165, 1.54) is 7.11 Å². The second kappa shape index (κ2) is 12.9. The molecule has 2 bridgehead atoms. The molecule has 1 saturated heterocycles. The number of nitrogens with zero attached hydrogens (tertiary/aromatic N) is 2. The van der Waals surface area contributed by atoms with Crippen LogP contribution in [0.3, 0.4) is 0 Å². The number of aromatic amines is 1. The van der Waals surface area contributed by atoms with Crippen LogP contribution in [0.1, 0.15) is 49.2 Å². The number of hydrogen-bond donors (Lipinski definition) is 3. The first-order valence-electron chi connectivity index (χ1n) is 12.6. The summed E-state index contributed by atoms with van der Waals surface area (Å²) in [4.78, 5) is 47.2. The number of cyclic esters (lactones) is 1. The van der Waals surface area contributed by atoms with E-state index in [1.54, 1.807) is 35.4 Å². The Labute approximate surface area is 242 Å². The van der Waals surface area contributed by atoms with Crippen LogP contribution in [-0.2, 0) is 14.3 Å². The first-order valence-corrected chi connectivity index (χ1v) is 13.0. The van der Waals surface area contributed by atoms with Gasteiger partial charge >= 0.3 is 12.2 Å². The first kappa shape index (κ1) is 29.0. The zero-order chi connectivity index (χ0) is 27.4. The fourth-order valence-electron chi connectivity index (χ4n) is 4.75. The molecule has 2 atom stereocenters. The van der Waals surface area contributed by atoms with Gasteiger partial charge in [0.1, 0.15) is 11.9 Å². The van der Waals surface area contributed by atoms with E-state index in [1.807, 2.05) is 30.4 Å². The Kier molecular flexibility index (Phi) is 9.34. The summed E-state index contributed by atoms with van der Waals surface area (Å²) >= 11 is 6.14. The standard InChI is InChI=1S/C28H28ClN5O5.ClH/c1-38-27(36)31-19-10-11-20-21(15-19)32-25(35)9-4-2-3-8-23(26-30-16-22(20)33-26)34-13-12-24(39-28(34)37)17-6-5-7-18(29)14-17;/h2-3,5-7,10-11,14-16,23-24H,4,8-9,12-13H2,1H3,(H,30,33)(H,31,36)(H,32,35);1H/b3-2+;/t23-,24?;/m0./s1. The third kappa shape index (κ3) is 6.57. The van der Waals surface area contributed by atoms with Crippen molar-refractivity contribution in [2.45, 2.75) is 37.8 Å². The number of imidazole rings is 1. The van der Waals surface area contributed by atoms with E-state index in [-0.39, 0.29) is 30.8 Å². The van der Waals surface area contributed by atoms with Crippen LogP contribution >= 0.6 is 24.0 Å². The highest BCUT2D eigenvalue weighted by Gasteiger charge is 2.35. The number of halogens is 2. The van der Waals surface area contributed by atoms with E-state index >= 15 is 0 Å². The van der Waals surface area contributed by atoms with E-state index in [4.69, 9.17) is 16.3 Å². The first-order chi connectivity index (χ1) is 18.9. The molecule has 1 aromatic heterocycles. The fraction of sp³-hybridized carbons (Fsp3) is 0.286. The molecule has 3 N–H and O–H groups in total. The molecule has 10 nitrogen and oxygen atoms in total. The van der Waals surface area contributed by atoms with Crippen LogP contribution in [0.4, 0.5) is 21.0 Å². The Morgan fingerprint density at radius 1 is 1.20 bits per heavy atom. The summed E-state index contributed by atoms with van der Waals surface area (Å²) in [5, 5.41) is 6.13. The Hall–Kier alpha value is -4.02. The van der Waals surface area contributed by atoms with Crippen LogP contribution in [-0.4, -0.2) is 46.6 Å². The van der Waals surface area contributed by atoms with Crippen molar-refractivity contribution in [3.05, 3.63) is 77.2 Å². The predicted octanol–water partition coefficient (Wildman–Crippen LogP) is 6.63. The van der Waals surface area contributed by atoms with Gasteiger partial charge in [0.25, 0.3) is 0 Å². The van der Waals surface area contributed by atoms with Gasteiger partial charge in [0.05, 0.1) is 30.7 Å². The molecule has 5 rings (SSSR count). The average Bonchev–Trinajstić information content (AvgIpc) is 3.40. The molecular formula is C28H29Cl2N5O5. The van der Waals surface area contributed by atoms with Crippen LogP contribution in [0.2, 0.25) is 5.02 Å². The Bertz CT molecular complexity index is 1430. The maximum Gasteiger partial charge on any atom is 0.411 e. The van der Waals surface area contributed by atoms with E-state index in [9.17, 15) is 14.4 Å². The van der Waals surface area contributed by atoms with Gasteiger partial charge in [-0.25, -0.2) is 14.6 Å². The zero-order valence-corrected chi connectivity index (χ0v) is 23.3. The molecule has 0 radical (unpaired) electrons. The maximum atomic E-state index is 13.2. The number of rotatable bonds is 3. The van der Waals surface area contributed by atoms with Gasteiger partial charge in [0.15, 0.2) is 0 Å². The molecule has 3 aromatic rings. The van der Waals surface area contributed by atoms with Gasteiger partial charge in [-0.15, -0.1) is 12.4 Å². The number of carbonyl (C=O) groups excluding carboxylic acids is 3. The largest absolute Gasteiger partial charge is 0.453 e. The minimum atomic E-state index is -0.617. The lowest BCUT2D eigenvalue weighted by molar-refractivity contribution is -0.116. The summed E-state index contributed by atoms with van der Waals surface area (Å²) < 4.78 is 10.5. The van der Waals surface area contributed by atoms with Gasteiger partial charge < -0.3 is 19.8 Å². The lowest BCUT2D eigenvalue weighted by Crippen LogP contribution is -2.41. The average molecular weight is 586 g/mol. The van der Waals surface area contributed by atoms with Crippen LogP contribution < -0.4 is 10.6 Å². The van der Waals surface area contributed by atoms with Crippen molar-refractivity contribution in [2.24, 2.45) is 0 Å². The monoisotopic (exact) mass is 585 g/mol. The van der Waals surface area contributed by atoms with E-state index in [0.29, 0.717) is 59.3 Å². The number of H-pyrrole nitrogens is 1. The number of allylic oxidation sites excluding steroid dienone is 1. The smallest absolute Gasteiger partial charge is 0.411 e. The molecule has 210 valence electrons. The lowest BCUT2D eigenvalue weighted by Gasteiger charge is -2.36. The molecule has 1 fully saturated rings. The van der Waals surface area contributed by atoms with Crippen molar-refractivity contribution in [3.8, 4) is 11.3 Å². The minimum Gasteiger partial charge on any atom is -0.453 e. The molecule has 0 aliphatic carbocycles.